The molecule has 1 unspecified atom stereocenters. The van der Waals surface area contributed by atoms with Gasteiger partial charge in [0.1, 0.15) is 6.04 Å². The van der Waals surface area contributed by atoms with Gasteiger partial charge in [-0.3, -0.25) is 0 Å². The van der Waals surface area contributed by atoms with Crippen LogP contribution < -0.4 is 4.72 Å². The van der Waals surface area contributed by atoms with Gasteiger partial charge in [0.15, 0.2) is 0 Å². The number of hydrogen-bond acceptors (Lipinski definition) is 2. The van der Waals surface area contributed by atoms with Gasteiger partial charge in [0.2, 0.25) is 0 Å². The molecule has 2 N–H and O–H groups in total. The SMILES string of the molecule is CC(C)(C)S(=O)N[C@H](c1ccc(Cl)cc1)C(F)(F)C(=O)O. The quantitative estimate of drug-likeness (QED) is 0.866. The van der Waals surface area contributed by atoms with E-state index in [4.69, 9.17) is 16.7 Å². The summed E-state index contributed by atoms with van der Waals surface area (Å²) in [4.78, 5) is 10.8. The monoisotopic (exact) mass is 339 g/mol. The van der Waals surface area contributed by atoms with Crippen LogP contribution in [0.2, 0.25) is 5.02 Å². The van der Waals surface area contributed by atoms with Crippen LogP contribution in [0.4, 0.5) is 8.78 Å². The molecule has 0 heterocycles. The molecule has 1 aromatic rings. The second-order valence-electron chi connectivity index (χ2n) is 5.41. The number of hydrogen-bond donors (Lipinski definition) is 2. The second kappa shape index (κ2) is 6.37. The van der Waals surface area contributed by atoms with Crippen LogP contribution >= 0.6 is 11.6 Å². The first kappa shape index (κ1) is 18.0. The molecule has 21 heavy (non-hydrogen) atoms. The van der Waals surface area contributed by atoms with Gasteiger partial charge in [0.05, 0.1) is 15.7 Å². The molecule has 0 aliphatic carbocycles. The highest BCUT2D eigenvalue weighted by Gasteiger charge is 2.49. The number of benzene rings is 1. The summed E-state index contributed by atoms with van der Waals surface area (Å²) in [5, 5.41) is 9.06. The smallest absolute Gasteiger partial charge is 0.376 e. The largest absolute Gasteiger partial charge is 0.477 e. The van der Waals surface area contributed by atoms with Crippen LogP contribution in [0.25, 0.3) is 0 Å². The molecule has 0 aromatic heterocycles. The van der Waals surface area contributed by atoms with Crippen LogP contribution in [0.3, 0.4) is 0 Å². The van der Waals surface area contributed by atoms with Gasteiger partial charge in [-0.2, -0.15) is 8.78 Å². The number of alkyl halides is 2. The van der Waals surface area contributed by atoms with E-state index < -0.39 is 33.7 Å². The third-order valence-electron chi connectivity index (χ3n) is 2.63. The van der Waals surface area contributed by atoms with Gasteiger partial charge in [-0.25, -0.2) is 13.7 Å². The highest BCUT2D eigenvalue weighted by Crippen LogP contribution is 2.33. The molecule has 0 spiro atoms. The number of rotatable bonds is 5. The molecule has 118 valence electrons. The van der Waals surface area contributed by atoms with E-state index in [2.05, 4.69) is 4.72 Å². The zero-order valence-electron chi connectivity index (χ0n) is 11.7. The summed E-state index contributed by atoms with van der Waals surface area (Å²) in [5.74, 6) is -6.41. The molecule has 2 atom stereocenters. The predicted molar refractivity (Wildman–Crippen MR) is 77.8 cm³/mol. The van der Waals surface area contributed by atoms with E-state index in [-0.39, 0.29) is 5.56 Å². The van der Waals surface area contributed by atoms with Gasteiger partial charge < -0.3 is 5.11 Å². The zero-order chi connectivity index (χ0) is 16.4. The van der Waals surface area contributed by atoms with E-state index in [9.17, 15) is 17.8 Å². The van der Waals surface area contributed by atoms with Gasteiger partial charge >= 0.3 is 11.9 Å². The minimum Gasteiger partial charge on any atom is -0.477 e. The van der Waals surface area contributed by atoms with E-state index in [1.54, 1.807) is 20.8 Å². The van der Waals surface area contributed by atoms with Gasteiger partial charge in [-0.15, -0.1) is 0 Å². The van der Waals surface area contributed by atoms with Crippen molar-refractivity contribution in [1.29, 1.82) is 0 Å². The van der Waals surface area contributed by atoms with Crippen LogP contribution in [0, 0.1) is 0 Å². The minimum atomic E-state index is -4.12. The lowest BCUT2D eigenvalue weighted by molar-refractivity contribution is -0.168. The Morgan fingerprint density at radius 3 is 2.14 bits per heavy atom. The lowest BCUT2D eigenvalue weighted by Crippen LogP contribution is -2.47. The summed E-state index contributed by atoms with van der Waals surface area (Å²) in [6.07, 6.45) is 0. The molecule has 0 bridgehead atoms. The Bertz CT molecular complexity index is 543. The Balaban J connectivity index is 3.21. The van der Waals surface area contributed by atoms with Crippen molar-refractivity contribution >= 4 is 28.6 Å². The number of nitrogens with one attached hydrogen (secondary N) is 1. The van der Waals surface area contributed by atoms with Gasteiger partial charge in [0, 0.05) is 5.02 Å². The highest BCUT2D eigenvalue weighted by atomic mass is 35.5. The highest BCUT2D eigenvalue weighted by molar-refractivity contribution is 7.84. The first-order valence-corrected chi connectivity index (χ1v) is 7.53. The molecule has 8 heteroatoms. The maximum atomic E-state index is 13.9. The van der Waals surface area contributed by atoms with Crippen molar-refractivity contribution in [3.05, 3.63) is 34.9 Å². The molecule has 1 aromatic carbocycles. The van der Waals surface area contributed by atoms with E-state index in [0.29, 0.717) is 5.02 Å². The molecular weight excluding hydrogens is 324 g/mol. The van der Waals surface area contributed by atoms with E-state index in [1.807, 2.05) is 0 Å². The first-order chi connectivity index (χ1) is 9.46. The molecule has 1 rings (SSSR count). The summed E-state index contributed by atoms with van der Waals surface area (Å²) in [5.41, 5.74) is -0.00981. The Hall–Kier alpha value is -1.05. The fourth-order valence-electron chi connectivity index (χ4n) is 1.41. The van der Waals surface area contributed by atoms with E-state index in [0.717, 1.165) is 0 Å². The molecular formula is C13H16ClF2NO3S. The topological polar surface area (TPSA) is 66.4 Å². The fraction of sp³-hybridized carbons (Fsp3) is 0.462. The molecule has 0 saturated heterocycles. The van der Waals surface area contributed by atoms with Crippen LogP contribution in [0.5, 0.6) is 0 Å². The van der Waals surface area contributed by atoms with Gasteiger partial charge in [-0.1, -0.05) is 23.7 Å². The predicted octanol–water partition coefficient (Wildman–Crippen LogP) is 3.15. The van der Waals surface area contributed by atoms with Crippen molar-refractivity contribution in [1.82, 2.24) is 4.72 Å². The molecule has 0 aliphatic rings. The number of carboxylic acids is 1. The van der Waals surface area contributed by atoms with Crippen molar-refractivity contribution in [2.45, 2.75) is 37.5 Å². The van der Waals surface area contributed by atoms with Crippen LogP contribution in [-0.4, -0.2) is 26.0 Å². The summed E-state index contributed by atoms with van der Waals surface area (Å²) in [6.45, 7) is 4.77. The van der Waals surface area contributed by atoms with Crippen molar-refractivity contribution in [3.8, 4) is 0 Å². The van der Waals surface area contributed by atoms with Crippen molar-refractivity contribution in [2.75, 3.05) is 0 Å². The Labute approximate surface area is 129 Å². The summed E-state index contributed by atoms with van der Waals surface area (Å²) in [6, 6.07) is 3.35. The lowest BCUT2D eigenvalue weighted by Gasteiger charge is -2.28. The zero-order valence-corrected chi connectivity index (χ0v) is 13.3. The van der Waals surface area contributed by atoms with Gasteiger partial charge in [-0.05, 0) is 38.5 Å². The van der Waals surface area contributed by atoms with Gasteiger partial charge in [0.25, 0.3) is 0 Å². The normalized spacial score (nSPS) is 15.5. The lowest BCUT2D eigenvalue weighted by atomic mass is 10.0. The minimum absolute atomic E-state index is 0.00981. The standard InChI is InChI=1S/C13H16ClF2NO3S/c1-12(2,3)21(20)17-10(13(15,16)11(18)19)8-4-6-9(14)7-5-8/h4-7,10,17H,1-3H3,(H,18,19)/t10-,21?/m1/s1. The third kappa shape index (κ3) is 4.46. The van der Waals surface area contributed by atoms with Crippen LogP contribution in [0.15, 0.2) is 24.3 Å². The van der Waals surface area contributed by atoms with E-state index in [1.165, 1.54) is 24.3 Å². The summed E-state index contributed by atoms with van der Waals surface area (Å²) in [7, 11) is -1.86. The maximum absolute atomic E-state index is 13.9. The van der Waals surface area contributed by atoms with Crippen LogP contribution in [-0.2, 0) is 15.8 Å². The average Bonchev–Trinajstić information content (AvgIpc) is 2.35. The molecule has 4 nitrogen and oxygen atoms in total. The number of carbonyl (C=O) groups is 1. The molecule has 0 fully saturated rings. The van der Waals surface area contributed by atoms with Crippen molar-refractivity contribution < 1.29 is 22.9 Å². The Kier molecular flexibility index (Phi) is 5.46. The Morgan fingerprint density at radius 2 is 1.76 bits per heavy atom. The molecule has 0 aliphatic heterocycles. The summed E-state index contributed by atoms with van der Waals surface area (Å²) < 4.78 is 41.3. The second-order valence-corrected chi connectivity index (χ2v) is 7.85. The maximum Gasteiger partial charge on any atom is 0.376 e. The van der Waals surface area contributed by atoms with Crippen molar-refractivity contribution in [3.63, 3.8) is 0 Å². The summed E-state index contributed by atoms with van der Waals surface area (Å²) >= 11 is 5.69. The fourth-order valence-corrected chi connectivity index (χ4v) is 2.39. The Morgan fingerprint density at radius 1 is 1.29 bits per heavy atom. The van der Waals surface area contributed by atoms with E-state index >= 15 is 0 Å². The number of halogens is 3. The number of aliphatic carboxylic acids is 1. The molecule has 0 saturated carbocycles. The van der Waals surface area contributed by atoms with Crippen molar-refractivity contribution in [2.24, 2.45) is 0 Å². The molecule has 0 radical (unpaired) electrons. The number of carboxylic acid groups (broad SMARTS) is 1. The van der Waals surface area contributed by atoms with Crippen LogP contribution in [0.1, 0.15) is 32.4 Å². The first-order valence-electron chi connectivity index (χ1n) is 6.01. The third-order valence-corrected chi connectivity index (χ3v) is 4.45. The average molecular weight is 340 g/mol. The molecule has 0 amide bonds.